The average Bonchev–Trinajstić information content (AvgIpc) is 2.47. The summed E-state index contributed by atoms with van der Waals surface area (Å²) >= 11 is 0. The predicted octanol–water partition coefficient (Wildman–Crippen LogP) is 3.51. The van der Waals surface area contributed by atoms with Gasteiger partial charge >= 0.3 is 0 Å². The zero-order chi connectivity index (χ0) is 13.1. The van der Waals surface area contributed by atoms with Gasteiger partial charge in [0.25, 0.3) is 0 Å². The summed E-state index contributed by atoms with van der Waals surface area (Å²) in [6.07, 6.45) is 1.76. The van der Waals surface area contributed by atoms with E-state index in [2.05, 4.69) is 17.1 Å². The summed E-state index contributed by atoms with van der Waals surface area (Å²) < 4.78 is 0. The molecule has 3 rings (SSSR count). The van der Waals surface area contributed by atoms with Crippen molar-refractivity contribution in [3.8, 4) is 0 Å². The lowest BCUT2D eigenvalue weighted by Crippen LogP contribution is -2.03. The van der Waals surface area contributed by atoms with E-state index >= 15 is 0 Å². The number of benzene rings is 2. The minimum Gasteiger partial charge on any atom is -0.388 e. The third-order valence-corrected chi connectivity index (χ3v) is 3.31. The second kappa shape index (κ2) is 5.21. The first-order valence-corrected chi connectivity index (χ1v) is 6.40. The molecule has 0 fully saturated rings. The molecule has 19 heavy (non-hydrogen) atoms. The number of fused-ring (bicyclic) bond motifs is 1. The zero-order valence-corrected chi connectivity index (χ0v) is 10.5. The molecule has 0 aliphatic rings. The highest BCUT2D eigenvalue weighted by atomic mass is 16.3. The van der Waals surface area contributed by atoms with Gasteiger partial charge in [0.1, 0.15) is 0 Å². The van der Waals surface area contributed by atoms with Gasteiger partial charge < -0.3 is 5.11 Å². The maximum atomic E-state index is 10.4. The summed E-state index contributed by atoms with van der Waals surface area (Å²) in [6, 6.07) is 19.9. The minimum absolute atomic E-state index is 0.527. The molecule has 2 aromatic carbocycles. The van der Waals surface area contributed by atoms with Crippen molar-refractivity contribution in [3.63, 3.8) is 0 Å². The lowest BCUT2D eigenvalue weighted by atomic mass is 9.98. The minimum atomic E-state index is -0.527. The van der Waals surface area contributed by atoms with Crippen LogP contribution < -0.4 is 0 Å². The van der Waals surface area contributed by atoms with Crippen LogP contribution in [0.3, 0.4) is 0 Å². The highest BCUT2D eigenvalue weighted by molar-refractivity contribution is 5.85. The average molecular weight is 249 g/mol. The first kappa shape index (κ1) is 11.9. The Balaban J connectivity index is 1.96. The molecule has 3 aromatic rings. The lowest BCUT2D eigenvalue weighted by Gasteiger charge is -2.13. The Bertz CT molecular complexity index is 674. The summed E-state index contributed by atoms with van der Waals surface area (Å²) in [7, 11) is 0. The SMILES string of the molecule is O[C@H](Cc1ccccn1)c1cccc2ccccc12. The summed E-state index contributed by atoms with van der Waals surface area (Å²) in [5.41, 5.74) is 1.87. The first-order valence-electron chi connectivity index (χ1n) is 6.40. The van der Waals surface area contributed by atoms with Gasteiger partial charge in [0.05, 0.1) is 6.10 Å². The zero-order valence-electron chi connectivity index (χ0n) is 10.5. The summed E-state index contributed by atoms with van der Waals surface area (Å²) in [4.78, 5) is 4.26. The van der Waals surface area contributed by atoms with E-state index in [0.717, 1.165) is 22.0 Å². The Morgan fingerprint density at radius 3 is 2.53 bits per heavy atom. The molecule has 0 spiro atoms. The van der Waals surface area contributed by atoms with Crippen LogP contribution in [-0.4, -0.2) is 10.1 Å². The van der Waals surface area contributed by atoms with Crippen LogP contribution in [0.2, 0.25) is 0 Å². The topological polar surface area (TPSA) is 33.1 Å². The lowest BCUT2D eigenvalue weighted by molar-refractivity contribution is 0.179. The second-order valence-corrected chi connectivity index (χ2v) is 4.61. The van der Waals surface area contributed by atoms with Crippen LogP contribution in [0.1, 0.15) is 17.4 Å². The van der Waals surface area contributed by atoms with Gasteiger partial charge in [-0.25, -0.2) is 0 Å². The van der Waals surface area contributed by atoms with E-state index in [4.69, 9.17) is 0 Å². The van der Waals surface area contributed by atoms with Crippen molar-refractivity contribution in [2.45, 2.75) is 12.5 Å². The van der Waals surface area contributed by atoms with Crippen LogP contribution in [-0.2, 0) is 6.42 Å². The molecule has 0 radical (unpaired) electrons. The van der Waals surface area contributed by atoms with Crippen LogP contribution in [0.15, 0.2) is 66.9 Å². The molecule has 2 heteroatoms. The van der Waals surface area contributed by atoms with Gasteiger partial charge in [0.15, 0.2) is 0 Å². The van der Waals surface area contributed by atoms with Crippen LogP contribution in [0.5, 0.6) is 0 Å². The van der Waals surface area contributed by atoms with Crippen LogP contribution in [0.25, 0.3) is 10.8 Å². The number of aliphatic hydroxyl groups excluding tert-OH is 1. The van der Waals surface area contributed by atoms with Gasteiger partial charge in [-0.1, -0.05) is 48.5 Å². The predicted molar refractivity (Wildman–Crippen MR) is 76.8 cm³/mol. The van der Waals surface area contributed by atoms with E-state index in [-0.39, 0.29) is 0 Å². The largest absolute Gasteiger partial charge is 0.388 e. The van der Waals surface area contributed by atoms with Crippen molar-refractivity contribution in [2.24, 2.45) is 0 Å². The third-order valence-electron chi connectivity index (χ3n) is 3.31. The van der Waals surface area contributed by atoms with E-state index in [1.54, 1.807) is 6.20 Å². The van der Waals surface area contributed by atoms with Gasteiger partial charge in [-0.15, -0.1) is 0 Å². The molecule has 0 amide bonds. The Kier molecular flexibility index (Phi) is 3.25. The number of hydrogen-bond acceptors (Lipinski definition) is 2. The van der Waals surface area contributed by atoms with Gasteiger partial charge in [-0.2, -0.15) is 0 Å². The Hall–Kier alpha value is -2.19. The Labute approximate surface area is 112 Å². The second-order valence-electron chi connectivity index (χ2n) is 4.61. The fourth-order valence-electron chi connectivity index (χ4n) is 2.37. The van der Waals surface area contributed by atoms with Gasteiger partial charge in [0.2, 0.25) is 0 Å². The molecule has 0 unspecified atom stereocenters. The van der Waals surface area contributed by atoms with Crippen LogP contribution >= 0.6 is 0 Å². The number of pyridine rings is 1. The maximum absolute atomic E-state index is 10.4. The smallest absolute Gasteiger partial charge is 0.0851 e. The molecule has 2 nitrogen and oxygen atoms in total. The maximum Gasteiger partial charge on any atom is 0.0851 e. The van der Waals surface area contributed by atoms with Crippen molar-refractivity contribution >= 4 is 10.8 Å². The van der Waals surface area contributed by atoms with Gasteiger partial charge in [-0.3, -0.25) is 4.98 Å². The fourth-order valence-corrected chi connectivity index (χ4v) is 2.37. The molecule has 1 aromatic heterocycles. The van der Waals surface area contributed by atoms with Crippen molar-refractivity contribution in [2.75, 3.05) is 0 Å². The molecule has 1 heterocycles. The molecule has 0 saturated carbocycles. The Morgan fingerprint density at radius 1 is 0.895 bits per heavy atom. The van der Waals surface area contributed by atoms with Crippen LogP contribution in [0.4, 0.5) is 0 Å². The van der Waals surface area contributed by atoms with Crippen molar-refractivity contribution < 1.29 is 5.11 Å². The van der Waals surface area contributed by atoms with E-state index in [9.17, 15) is 5.11 Å². The van der Waals surface area contributed by atoms with E-state index in [1.807, 2.05) is 48.5 Å². The van der Waals surface area contributed by atoms with E-state index in [1.165, 1.54) is 0 Å². The molecule has 94 valence electrons. The normalized spacial score (nSPS) is 12.5. The molecular formula is C17H15NO. The van der Waals surface area contributed by atoms with Crippen molar-refractivity contribution in [1.82, 2.24) is 4.98 Å². The molecule has 0 saturated heterocycles. The quantitative estimate of drug-likeness (QED) is 0.770. The standard InChI is InChI=1S/C17H15NO/c19-17(12-14-8-3-4-11-18-14)16-10-5-7-13-6-1-2-9-15(13)16/h1-11,17,19H,12H2/t17-/m1/s1. The molecule has 0 aliphatic carbocycles. The fraction of sp³-hybridized carbons (Fsp3) is 0.118. The van der Waals surface area contributed by atoms with Crippen molar-refractivity contribution in [3.05, 3.63) is 78.1 Å². The Morgan fingerprint density at radius 2 is 1.68 bits per heavy atom. The van der Waals surface area contributed by atoms with E-state index < -0.39 is 6.10 Å². The third kappa shape index (κ3) is 2.49. The molecule has 1 atom stereocenters. The highest BCUT2D eigenvalue weighted by Gasteiger charge is 2.12. The molecule has 0 bridgehead atoms. The number of aromatic nitrogens is 1. The summed E-state index contributed by atoms with van der Waals surface area (Å²) in [6.45, 7) is 0. The van der Waals surface area contributed by atoms with Crippen molar-refractivity contribution in [1.29, 1.82) is 0 Å². The summed E-state index contributed by atoms with van der Waals surface area (Å²) in [5.74, 6) is 0. The van der Waals surface area contributed by atoms with Gasteiger partial charge in [-0.05, 0) is 28.5 Å². The number of hydrogen-bond donors (Lipinski definition) is 1. The number of nitrogens with zero attached hydrogens (tertiary/aromatic N) is 1. The number of aliphatic hydroxyl groups is 1. The molecule has 0 aliphatic heterocycles. The van der Waals surface area contributed by atoms with E-state index in [0.29, 0.717) is 6.42 Å². The number of rotatable bonds is 3. The molecule has 1 N–H and O–H groups in total. The highest BCUT2D eigenvalue weighted by Crippen LogP contribution is 2.26. The first-order chi connectivity index (χ1) is 9.34. The summed E-state index contributed by atoms with van der Waals surface area (Å²) in [5, 5.41) is 12.7. The molecular weight excluding hydrogens is 234 g/mol. The van der Waals surface area contributed by atoms with Gasteiger partial charge in [0, 0.05) is 18.3 Å². The monoisotopic (exact) mass is 249 g/mol. The van der Waals surface area contributed by atoms with Crippen LogP contribution in [0, 0.1) is 0 Å².